The first kappa shape index (κ1) is 12.7. The lowest BCUT2D eigenvalue weighted by Gasteiger charge is -2.17. The van der Waals surface area contributed by atoms with Crippen molar-refractivity contribution in [1.82, 2.24) is 4.90 Å². The second-order valence-corrected chi connectivity index (χ2v) is 4.10. The molecule has 0 aromatic carbocycles. The third kappa shape index (κ3) is 4.47. The van der Waals surface area contributed by atoms with Crippen LogP contribution in [0.1, 0.15) is 33.1 Å². The Morgan fingerprint density at radius 3 is 2.44 bits per heavy atom. The third-order valence-corrected chi connectivity index (χ3v) is 2.62. The van der Waals surface area contributed by atoms with Crippen molar-refractivity contribution in [3.8, 4) is 0 Å². The van der Waals surface area contributed by atoms with Gasteiger partial charge in [-0.1, -0.05) is 0 Å². The van der Waals surface area contributed by atoms with Crippen LogP contribution in [0.15, 0.2) is 11.8 Å². The van der Waals surface area contributed by atoms with Crippen molar-refractivity contribution in [3.05, 3.63) is 11.8 Å². The SMILES string of the molecule is CC(=O)CC(=O)OC/C=C(\C)N1CCCC1. The van der Waals surface area contributed by atoms with Crippen molar-refractivity contribution in [2.45, 2.75) is 33.1 Å². The molecule has 0 aromatic rings. The summed E-state index contributed by atoms with van der Waals surface area (Å²) in [5.74, 6) is -0.608. The number of ketones is 1. The van der Waals surface area contributed by atoms with Crippen LogP contribution in [0, 0.1) is 0 Å². The number of allylic oxidation sites excluding steroid dienone is 1. The molecule has 0 bridgehead atoms. The van der Waals surface area contributed by atoms with Gasteiger partial charge in [0.2, 0.25) is 0 Å². The number of ether oxygens (including phenoxy) is 1. The Balaban J connectivity index is 2.24. The molecule has 0 saturated carbocycles. The molecule has 1 rings (SSSR count). The minimum absolute atomic E-state index is 0.128. The van der Waals surface area contributed by atoms with E-state index in [1.807, 2.05) is 13.0 Å². The Labute approximate surface area is 96.3 Å². The van der Waals surface area contributed by atoms with Crippen LogP contribution in [0.2, 0.25) is 0 Å². The summed E-state index contributed by atoms with van der Waals surface area (Å²) in [5, 5.41) is 0. The van der Waals surface area contributed by atoms with Gasteiger partial charge in [0.25, 0.3) is 0 Å². The number of nitrogens with zero attached hydrogens (tertiary/aromatic N) is 1. The number of carbonyl (C=O) groups excluding carboxylic acids is 2. The van der Waals surface area contributed by atoms with Gasteiger partial charge >= 0.3 is 5.97 Å². The fraction of sp³-hybridized carbons (Fsp3) is 0.667. The van der Waals surface area contributed by atoms with Crippen molar-refractivity contribution < 1.29 is 14.3 Å². The summed E-state index contributed by atoms with van der Waals surface area (Å²) in [5.41, 5.74) is 1.15. The highest BCUT2D eigenvalue weighted by Crippen LogP contribution is 2.13. The van der Waals surface area contributed by atoms with E-state index in [2.05, 4.69) is 4.90 Å². The minimum Gasteiger partial charge on any atom is -0.461 e. The van der Waals surface area contributed by atoms with E-state index in [4.69, 9.17) is 4.74 Å². The lowest BCUT2D eigenvalue weighted by Crippen LogP contribution is -2.17. The molecule has 4 heteroatoms. The second-order valence-electron chi connectivity index (χ2n) is 4.10. The molecule has 1 fully saturated rings. The molecular formula is C12H19NO3. The maximum Gasteiger partial charge on any atom is 0.313 e. The predicted molar refractivity (Wildman–Crippen MR) is 60.8 cm³/mol. The van der Waals surface area contributed by atoms with Gasteiger partial charge in [-0.2, -0.15) is 0 Å². The lowest BCUT2D eigenvalue weighted by molar-refractivity contribution is -0.144. The van der Waals surface area contributed by atoms with Crippen LogP contribution in [0.5, 0.6) is 0 Å². The normalized spacial score (nSPS) is 16.4. The summed E-state index contributed by atoms with van der Waals surface area (Å²) in [6, 6.07) is 0. The minimum atomic E-state index is -0.446. The molecule has 90 valence electrons. The molecule has 0 N–H and O–H groups in total. The Morgan fingerprint density at radius 2 is 1.88 bits per heavy atom. The molecule has 1 saturated heterocycles. The first-order chi connectivity index (χ1) is 7.59. The van der Waals surface area contributed by atoms with E-state index >= 15 is 0 Å². The Morgan fingerprint density at radius 1 is 1.25 bits per heavy atom. The molecule has 1 aliphatic heterocycles. The van der Waals surface area contributed by atoms with E-state index in [0.29, 0.717) is 0 Å². The summed E-state index contributed by atoms with van der Waals surface area (Å²) in [7, 11) is 0. The molecular weight excluding hydrogens is 206 g/mol. The van der Waals surface area contributed by atoms with Gasteiger partial charge in [-0.15, -0.1) is 0 Å². The fourth-order valence-electron chi connectivity index (χ4n) is 1.71. The zero-order valence-corrected chi connectivity index (χ0v) is 9.99. The van der Waals surface area contributed by atoms with E-state index < -0.39 is 5.97 Å². The molecule has 0 aromatic heterocycles. The first-order valence-corrected chi connectivity index (χ1v) is 5.66. The molecule has 1 aliphatic rings. The van der Waals surface area contributed by atoms with Crippen molar-refractivity contribution in [3.63, 3.8) is 0 Å². The Hall–Kier alpha value is -1.32. The standard InChI is InChI=1S/C12H19NO3/c1-10(13-6-3-4-7-13)5-8-16-12(15)9-11(2)14/h5H,3-4,6-9H2,1-2H3/b10-5+. The molecule has 16 heavy (non-hydrogen) atoms. The number of carbonyl (C=O) groups is 2. The number of Topliss-reactive ketones (excluding diaryl/α,β-unsaturated/α-hetero) is 1. The van der Waals surface area contributed by atoms with Crippen molar-refractivity contribution in [2.75, 3.05) is 19.7 Å². The summed E-state index contributed by atoms with van der Waals surface area (Å²) >= 11 is 0. The third-order valence-electron chi connectivity index (χ3n) is 2.62. The number of likely N-dealkylation sites (tertiary alicyclic amines) is 1. The maximum absolute atomic E-state index is 11.1. The highest BCUT2D eigenvalue weighted by Gasteiger charge is 2.11. The highest BCUT2D eigenvalue weighted by atomic mass is 16.5. The number of hydrogen-bond acceptors (Lipinski definition) is 4. The molecule has 0 atom stereocenters. The van der Waals surface area contributed by atoms with Crippen LogP contribution < -0.4 is 0 Å². The largest absolute Gasteiger partial charge is 0.461 e. The summed E-state index contributed by atoms with van der Waals surface area (Å²) in [6.45, 7) is 5.83. The average Bonchev–Trinajstić information content (AvgIpc) is 2.68. The monoisotopic (exact) mass is 225 g/mol. The van der Waals surface area contributed by atoms with Gasteiger partial charge in [0.05, 0.1) is 0 Å². The quantitative estimate of drug-likeness (QED) is 0.525. The topological polar surface area (TPSA) is 46.6 Å². The molecule has 0 spiro atoms. The van der Waals surface area contributed by atoms with Gasteiger partial charge in [-0.25, -0.2) is 0 Å². The zero-order chi connectivity index (χ0) is 12.0. The lowest BCUT2D eigenvalue weighted by atomic mass is 10.3. The van der Waals surface area contributed by atoms with Gasteiger partial charge in [-0.05, 0) is 32.8 Å². The van der Waals surface area contributed by atoms with Crippen LogP contribution in [0.3, 0.4) is 0 Å². The number of hydrogen-bond donors (Lipinski definition) is 0. The molecule has 0 unspecified atom stereocenters. The van der Waals surface area contributed by atoms with E-state index in [0.717, 1.165) is 18.8 Å². The Kier molecular flexibility index (Phi) is 5.02. The van der Waals surface area contributed by atoms with E-state index in [9.17, 15) is 9.59 Å². The van der Waals surface area contributed by atoms with Gasteiger partial charge < -0.3 is 9.64 Å². The maximum atomic E-state index is 11.1. The number of esters is 1. The van der Waals surface area contributed by atoms with Crippen LogP contribution in [0.4, 0.5) is 0 Å². The average molecular weight is 225 g/mol. The smallest absolute Gasteiger partial charge is 0.313 e. The van der Waals surface area contributed by atoms with E-state index in [-0.39, 0.29) is 18.8 Å². The number of rotatable bonds is 5. The summed E-state index contributed by atoms with van der Waals surface area (Å²) in [4.78, 5) is 24.0. The second kappa shape index (κ2) is 6.30. The zero-order valence-electron chi connectivity index (χ0n) is 9.99. The van der Waals surface area contributed by atoms with Gasteiger partial charge in [0.15, 0.2) is 0 Å². The fourth-order valence-corrected chi connectivity index (χ4v) is 1.71. The van der Waals surface area contributed by atoms with E-state index in [1.165, 1.54) is 19.8 Å². The van der Waals surface area contributed by atoms with Crippen molar-refractivity contribution >= 4 is 11.8 Å². The van der Waals surface area contributed by atoms with Gasteiger partial charge in [0, 0.05) is 18.8 Å². The molecule has 1 heterocycles. The van der Waals surface area contributed by atoms with E-state index in [1.54, 1.807) is 0 Å². The molecule has 0 amide bonds. The van der Waals surface area contributed by atoms with Crippen LogP contribution in [-0.4, -0.2) is 36.3 Å². The first-order valence-electron chi connectivity index (χ1n) is 5.66. The molecule has 0 radical (unpaired) electrons. The molecule has 4 nitrogen and oxygen atoms in total. The predicted octanol–water partition coefficient (Wildman–Crippen LogP) is 1.51. The van der Waals surface area contributed by atoms with Crippen LogP contribution >= 0.6 is 0 Å². The van der Waals surface area contributed by atoms with Gasteiger partial charge in [-0.3, -0.25) is 9.59 Å². The summed E-state index contributed by atoms with van der Waals surface area (Å²) in [6.07, 6.45) is 4.23. The van der Waals surface area contributed by atoms with Crippen LogP contribution in [0.25, 0.3) is 0 Å². The van der Waals surface area contributed by atoms with Crippen LogP contribution in [-0.2, 0) is 14.3 Å². The molecule has 0 aliphatic carbocycles. The van der Waals surface area contributed by atoms with Gasteiger partial charge in [0.1, 0.15) is 18.8 Å². The summed E-state index contributed by atoms with van der Waals surface area (Å²) < 4.78 is 4.92. The van der Waals surface area contributed by atoms with Crippen molar-refractivity contribution in [2.24, 2.45) is 0 Å². The highest BCUT2D eigenvalue weighted by molar-refractivity contribution is 5.94. The van der Waals surface area contributed by atoms with Crippen molar-refractivity contribution in [1.29, 1.82) is 0 Å². The Bertz CT molecular complexity index is 291.